The van der Waals surface area contributed by atoms with E-state index >= 15 is 0 Å². The Bertz CT molecular complexity index is 497. The van der Waals surface area contributed by atoms with Crippen LogP contribution in [-0.4, -0.2) is 23.2 Å². The van der Waals surface area contributed by atoms with Crippen molar-refractivity contribution in [2.45, 2.75) is 32.4 Å². The van der Waals surface area contributed by atoms with E-state index in [1.807, 2.05) is 0 Å². The molecule has 0 radical (unpaired) electrons. The van der Waals surface area contributed by atoms with E-state index in [1.54, 1.807) is 39.0 Å². The minimum absolute atomic E-state index is 0.0318. The Morgan fingerprint density at radius 2 is 2.05 bits per heavy atom. The maximum atomic E-state index is 11.7. The molecule has 7 heteroatoms. The molecule has 20 heavy (non-hydrogen) atoms. The van der Waals surface area contributed by atoms with E-state index in [4.69, 9.17) is 10.5 Å². The van der Waals surface area contributed by atoms with E-state index in [-0.39, 0.29) is 12.2 Å². The molecule has 7 nitrogen and oxygen atoms in total. The van der Waals surface area contributed by atoms with Crippen LogP contribution >= 0.6 is 0 Å². The fraction of sp³-hybridized carbons (Fsp3) is 0.462. The Labute approximate surface area is 117 Å². The summed E-state index contributed by atoms with van der Waals surface area (Å²) < 4.78 is 5.12. The van der Waals surface area contributed by atoms with Gasteiger partial charge >= 0.3 is 6.09 Å². The van der Waals surface area contributed by atoms with Crippen molar-refractivity contribution in [2.75, 3.05) is 6.54 Å². The Morgan fingerprint density at radius 3 is 2.55 bits per heavy atom. The first kappa shape index (κ1) is 15.9. The fourth-order valence-corrected chi connectivity index (χ4v) is 1.66. The van der Waals surface area contributed by atoms with Crippen LogP contribution < -0.4 is 11.1 Å². The van der Waals surface area contributed by atoms with Crippen LogP contribution in [0.5, 0.6) is 0 Å². The largest absolute Gasteiger partial charge is 0.444 e. The summed E-state index contributed by atoms with van der Waals surface area (Å²) in [4.78, 5) is 22.2. The number of carbonyl (C=O) groups is 1. The zero-order chi connectivity index (χ0) is 15.3. The van der Waals surface area contributed by atoms with Crippen LogP contribution in [0.25, 0.3) is 0 Å². The molecule has 0 aliphatic heterocycles. The van der Waals surface area contributed by atoms with E-state index in [0.29, 0.717) is 5.56 Å². The molecule has 1 aromatic carbocycles. The van der Waals surface area contributed by atoms with Crippen molar-refractivity contribution in [3.8, 4) is 0 Å². The van der Waals surface area contributed by atoms with Crippen molar-refractivity contribution >= 4 is 11.8 Å². The summed E-state index contributed by atoms with van der Waals surface area (Å²) in [6.45, 7) is 5.23. The van der Waals surface area contributed by atoms with E-state index in [1.165, 1.54) is 6.07 Å². The smallest absolute Gasteiger partial charge is 0.408 e. The number of nitrogens with one attached hydrogen (secondary N) is 1. The molecule has 3 N–H and O–H groups in total. The molecule has 0 saturated heterocycles. The maximum absolute atomic E-state index is 11.7. The van der Waals surface area contributed by atoms with Crippen LogP contribution in [0.3, 0.4) is 0 Å². The Kier molecular flexibility index (Phi) is 5.04. The molecule has 0 spiro atoms. The number of nitrogens with zero attached hydrogens (tertiary/aromatic N) is 1. The Hall–Kier alpha value is -2.15. The van der Waals surface area contributed by atoms with Crippen molar-refractivity contribution in [1.29, 1.82) is 0 Å². The van der Waals surface area contributed by atoms with Gasteiger partial charge in [0.1, 0.15) is 5.60 Å². The van der Waals surface area contributed by atoms with Gasteiger partial charge in [0, 0.05) is 12.6 Å². The number of amides is 1. The number of rotatable bonds is 4. The van der Waals surface area contributed by atoms with Crippen LogP contribution in [0.4, 0.5) is 10.5 Å². The second-order valence-corrected chi connectivity index (χ2v) is 5.25. The first-order valence-electron chi connectivity index (χ1n) is 6.17. The SMILES string of the molecule is CC(C)(C)OC(=O)NC(CN)c1ccccc1[N+](=O)[O-]. The Balaban J connectivity index is 2.92. The van der Waals surface area contributed by atoms with Gasteiger partial charge in [0.25, 0.3) is 5.69 Å². The van der Waals surface area contributed by atoms with Crippen molar-refractivity contribution in [1.82, 2.24) is 5.32 Å². The molecule has 1 unspecified atom stereocenters. The zero-order valence-corrected chi connectivity index (χ0v) is 11.8. The van der Waals surface area contributed by atoms with E-state index in [9.17, 15) is 14.9 Å². The van der Waals surface area contributed by atoms with E-state index in [0.717, 1.165) is 0 Å². The van der Waals surface area contributed by atoms with Gasteiger partial charge in [-0.2, -0.15) is 0 Å². The van der Waals surface area contributed by atoms with Crippen molar-refractivity contribution in [2.24, 2.45) is 5.73 Å². The first-order valence-corrected chi connectivity index (χ1v) is 6.17. The number of carbonyl (C=O) groups excluding carboxylic acids is 1. The molecule has 110 valence electrons. The highest BCUT2D eigenvalue weighted by atomic mass is 16.6. The molecule has 0 heterocycles. The zero-order valence-electron chi connectivity index (χ0n) is 11.8. The van der Waals surface area contributed by atoms with Crippen LogP contribution in [-0.2, 0) is 4.74 Å². The van der Waals surface area contributed by atoms with Gasteiger partial charge < -0.3 is 15.8 Å². The van der Waals surface area contributed by atoms with Gasteiger partial charge in [-0.15, -0.1) is 0 Å². The molecule has 0 aliphatic carbocycles. The highest BCUT2D eigenvalue weighted by Gasteiger charge is 2.24. The molecule has 0 aliphatic rings. The van der Waals surface area contributed by atoms with E-state index in [2.05, 4.69) is 5.32 Å². The minimum Gasteiger partial charge on any atom is -0.444 e. The number of hydrogen-bond acceptors (Lipinski definition) is 5. The van der Waals surface area contributed by atoms with Gasteiger partial charge in [0.15, 0.2) is 0 Å². The molecular formula is C13H19N3O4. The molecule has 1 atom stereocenters. The predicted molar refractivity (Wildman–Crippen MR) is 74.3 cm³/mol. The third-order valence-electron chi connectivity index (χ3n) is 2.44. The third kappa shape index (κ3) is 4.51. The standard InChI is InChI=1S/C13H19N3O4/c1-13(2,3)20-12(17)15-10(8-14)9-6-4-5-7-11(9)16(18)19/h4-7,10H,8,14H2,1-3H3,(H,15,17). The number of hydrogen-bond donors (Lipinski definition) is 2. The summed E-state index contributed by atoms with van der Waals surface area (Å²) in [5.74, 6) is 0. The second-order valence-electron chi connectivity index (χ2n) is 5.25. The van der Waals surface area contributed by atoms with Crippen molar-refractivity contribution in [3.63, 3.8) is 0 Å². The maximum Gasteiger partial charge on any atom is 0.408 e. The average Bonchev–Trinajstić information content (AvgIpc) is 2.33. The molecule has 0 saturated carbocycles. The third-order valence-corrected chi connectivity index (χ3v) is 2.44. The second kappa shape index (κ2) is 6.33. The first-order chi connectivity index (χ1) is 9.24. The summed E-state index contributed by atoms with van der Waals surface area (Å²) in [5, 5.41) is 13.5. The lowest BCUT2D eigenvalue weighted by molar-refractivity contribution is -0.385. The summed E-state index contributed by atoms with van der Waals surface area (Å²) in [7, 11) is 0. The molecular weight excluding hydrogens is 262 g/mol. The average molecular weight is 281 g/mol. The highest BCUT2D eigenvalue weighted by Crippen LogP contribution is 2.24. The quantitative estimate of drug-likeness (QED) is 0.649. The molecule has 0 bridgehead atoms. The fourth-order valence-electron chi connectivity index (χ4n) is 1.66. The molecule has 1 aromatic rings. The number of benzene rings is 1. The van der Waals surface area contributed by atoms with Gasteiger partial charge in [-0.3, -0.25) is 10.1 Å². The predicted octanol–water partition coefficient (Wildman–Crippen LogP) is 2.12. The minimum atomic E-state index is -0.675. The van der Waals surface area contributed by atoms with Crippen LogP contribution in [0.2, 0.25) is 0 Å². The Morgan fingerprint density at radius 1 is 1.45 bits per heavy atom. The lowest BCUT2D eigenvalue weighted by Gasteiger charge is -2.23. The van der Waals surface area contributed by atoms with Gasteiger partial charge in [-0.05, 0) is 20.8 Å². The summed E-state index contributed by atoms with van der Waals surface area (Å²) in [5.41, 5.74) is 5.21. The highest BCUT2D eigenvalue weighted by molar-refractivity contribution is 5.68. The number of para-hydroxylation sites is 1. The monoisotopic (exact) mass is 281 g/mol. The lowest BCUT2D eigenvalue weighted by Crippen LogP contribution is -2.38. The van der Waals surface area contributed by atoms with Crippen molar-refractivity contribution < 1.29 is 14.5 Å². The van der Waals surface area contributed by atoms with Crippen LogP contribution in [0, 0.1) is 10.1 Å². The summed E-state index contributed by atoms with van der Waals surface area (Å²) >= 11 is 0. The van der Waals surface area contributed by atoms with Gasteiger partial charge in [0.05, 0.1) is 16.5 Å². The lowest BCUT2D eigenvalue weighted by atomic mass is 10.1. The van der Waals surface area contributed by atoms with Crippen molar-refractivity contribution in [3.05, 3.63) is 39.9 Å². The number of nitro groups is 1. The number of ether oxygens (including phenoxy) is 1. The topological polar surface area (TPSA) is 107 Å². The van der Waals surface area contributed by atoms with Crippen LogP contribution in [0.15, 0.2) is 24.3 Å². The van der Waals surface area contributed by atoms with Crippen LogP contribution in [0.1, 0.15) is 32.4 Å². The van der Waals surface area contributed by atoms with E-state index < -0.39 is 22.7 Å². The number of alkyl carbamates (subject to hydrolysis) is 1. The molecule has 1 amide bonds. The van der Waals surface area contributed by atoms with Gasteiger partial charge in [-0.1, -0.05) is 18.2 Å². The molecule has 0 aromatic heterocycles. The van der Waals surface area contributed by atoms with Gasteiger partial charge in [-0.25, -0.2) is 4.79 Å². The normalized spacial score (nSPS) is 12.6. The summed E-state index contributed by atoms with van der Waals surface area (Å²) in [6.07, 6.45) is -0.661. The van der Waals surface area contributed by atoms with Gasteiger partial charge in [0.2, 0.25) is 0 Å². The number of nitrogens with two attached hydrogens (primary N) is 1. The summed E-state index contributed by atoms with van der Waals surface area (Å²) in [6, 6.07) is 5.47. The number of nitro benzene ring substituents is 1. The molecule has 1 rings (SSSR count). The molecule has 0 fully saturated rings.